The zero-order valence-corrected chi connectivity index (χ0v) is 8.97. The molecular formula is C9H14O7. The number of hydrogen-bond donors (Lipinski definition) is 3. The third-order valence-electron chi connectivity index (χ3n) is 1.22. The van der Waals surface area contributed by atoms with Crippen LogP contribution in [0, 0.1) is 0 Å². The van der Waals surface area contributed by atoms with E-state index in [9.17, 15) is 14.4 Å². The highest BCUT2D eigenvalue weighted by molar-refractivity contribution is 5.94. The molecule has 0 aliphatic carbocycles. The van der Waals surface area contributed by atoms with Gasteiger partial charge in [-0.25, -0.2) is 14.4 Å². The van der Waals surface area contributed by atoms with Crippen molar-refractivity contribution in [3.63, 3.8) is 0 Å². The third-order valence-corrected chi connectivity index (χ3v) is 1.22. The zero-order chi connectivity index (χ0) is 13.1. The van der Waals surface area contributed by atoms with E-state index >= 15 is 0 Å². The van der Waals surface area contributed by atoms with Gasteiger partial charge in [-0.15, -0.1) is 0 Å². The molecule has 0 heterocycles. The summed E-state index contributed by atoms with van der Waals surface area (Å²) < 4.78 is 4.20. The quantitative estimate of drug-likeness (QED) is 0.581. The second-order valence-electron chi connectivity index (χ2n) is 2.49. The summed E-state index contributed by atoms with van der Waals surface area (Å²) in [4.78, 5) is 29.5. The van der Waals surface area contributed by atoms with Gasteiger partial charge in [-0.3, -0.25) is 0 Å². The Labute approximate surface area is 92.0 Å². The second-order valence-corrected chi connectivity index (χ2v) is 2.49. The minimum atomic E-state index is -1.22. The van der Waals surface area contributed by atoms with Crippen molar-refractivity contribution in [1.82, 2.24) is 0 Å². The van der Waals surface area contributed by atoms with E-state index in [0.29, 0.717) is 6.08 Å². The lowest BCUT2D eigenvalue weighted by atomic mass is 10.2. The van der Waals surface area contributed by atoms with Crippen molar-refractivity contribution in [2.75, 3.05) is 13.7 Å². The molecule has 0 fully saturated rings. The van der Waals surface area contributed by atoms with Crippen molar-refractivity contribution in [1.29, 1.82) is 0 Å². The predicted octanol–water partition coefficient (Wildman–Crippen LogP) is 0.209. The molecule has 0 rings (SSSR count). The van der Waals surface area contributed by atoms with Gasteiger partial charge >= 0.3 is 17.9 Å². The molecule has 0 aromatic heterocycles. The number of carbonyl (C=O) groups is 3. The predicted molar refractivity (Wildman–Crippen MR) is 53.2 cm³/mol. The number of hydrogen-bond acceptors (Lipinski definition) is 4. The molecule has 0 aliphatic heterocycles. The van der Waals surface area contributed by atoms with E-state index in [1.165, 1.54) is 7.11 Å². The van der Waals surface area contributed by atoms with Crippen LogP contribution in [0.25, 0.3) is 0 Å². The first kappa shape index (κ1) is 16.5. The van der Waals surface area contributed by atoms with Crippen LogP contribution >= 0.6 is 0 Å². The highest BCUT2D eigenvalue weighted by Crippen LogP contribution is 1.98. The molecule has 0 saturated heterocycles. The molecule has 7 heteroatoms. The molecule has 0 amide bonds. The van der Waals surface area contributed by atoms with Gasteiger partial charge in [0.15, 0.2) is 0 Å². The van der Waals surface area contributed by atoms with Gasteiger partial charge in [0.05, 0.1) is 0 Å². The minimum Gasteiger partial charge on any atom is -0.480 e. The van der Waals surface area contributed by atoms with Crippen LogP contribution in [-0.2, 0) is 19.1 Å². The first-order valence-electron chi connectivity index (χ1n) is 4.22. The van der Waals surface area contributed by atoms with Crippen LogP contribution in [0.5, 0.6) is 0 Å². The molecule has 0 aliphatic rings. The average Bonchev–Trinajstić information content (AvgIpc) is 2.14. The van der Waals surface area contributed by atoms with E-state index in [0.717, 1.165) is 0 Å². The lowest BCUT2D eigenvalue weighted by Gasteiger charge is -1.92. The Kier molecular flexibility index (Phi) is 9.98. The molecule has 7 nitrogen and oxygen atoms in total. The summed E-state index contributed by atoms with van der Waals surface area (Å²) in [7, 11) is 1.34. The highest BCUT2D eigenvalue weighted by Gasteiger charge is 2.05. The molecule has 0 atom stereocenters. The van der Waals surface area contributed by atoms with Crippen molar-refractivity contribution >= 4 is 17.9 Å². The van der Waals surface area contributed by atoms with Crippen molar-refractivity contribution in [2.24, 2.45) is 0 Å². The van der Waals surface area contributed by atoms with Crippen LogP contribution in [0.15, 0.2) is 11.6 Å². The van der Waals surface area contributed by atoms with Gasteiger partial charge in [0.1, 0.15) is 6.61 Å². The molecule has 0 radical (unpaired) electrons. The van der Waals surface area contributed by atoms with E-state index in [2.05, 4.69) is 4.74 Å². The van der Waals surface area contributed by atoms with Gasteiger partial charge in [0.2, 0.25) is 0 Å². The maximum atomic E-state index is 10.1. The monoisotopic (exact) mass is 234 g/mol. The first-order valence-corrected chi connectivity index (χ1v) is 4.22. The van der Waals surface area contributed by atoms with Gasteiger partial charge in [-0.1, -0.05) is 6.92 Å². The van der Waals surface area contributed by atoms with Gasteiger partial charge in [-0.2, -0.15) is 0 Å². The molecule has 0 aromatic rings. The Bertz CT molecular complexity index is 280. The van der Waals surface area contributed by atoms with Crippen LogP contribution in [0.1, 0.15) is 13.3 Å². The second kappa shape index (κ2) is 9.66. The number of rotatable bonds is 5. The molecule has 0 saturated carbocycles. The fourth-order valence-electron chi connectivity index (χ4n) is 0.588. The summed E-state index contributed by atoms with van der Waals surface area (Å²) in [6.45, 7) is 1.38. The topological polar surface area (TPSA) is 121 Å². The summed E-state index contributed by atoms with van der Waals surface area (Å²) in [5.74, 6) is -3.33. The number of carboxylic acids is 3. The van der Waals surface area contributed by atoms with Crippen molar-refractivity contribution in [2.45, 2.75) is 13.3 Å². The summed E-state index contributed by atoms with van der Waals surface area (Å²) in [5.41, 5.74) is -0.0903. The van der Waals surface area contributed by atoms with Gasteiger partial charge < -0.3 is 20.1 Å². The summed E-state index contributed by atoms with van der Waals surface area (Å²) in [5, 5.41) is 24.2. The molecule has 0 spiro atoms. The van der Waals surface area contributed by atoms with E-state index in [1.54, 1.807) is 6.92 Å². The van der Waals surface area contributed by atoms with Gasteiger partial charge in [-0.05, 0) is 6.42 Å². The molecule has 16 heavy (non-hydrogen) atoms. The molecule has 0 unspecified atom stereocenters. The number of aliphatic carboxylic acids is 3. The molecule has 92 valence electrons. The fourth-order valence-corrected chi connectivity index (χ4v) is 0.588. The van der Waals surface area contributed by atoms with Crippen LogP contribution in [0.4, 0.5) is 0 Å². The summed E-state index contributed by atoms with van der Waals surface area (Å²) in [6, 6.07) is 0. The van der Waals surface area contributed by atoms with Gasteiger partial charge in [0.25, 0.3) is 0 Å². The average molecular weight is 234 g/mol. The van der Waals surface area contributed by atoms with Crippen molar-refractivity contribution in [3.8, 4) is 0 Å². The van der Waals surface area contributed by atoms with Crippen molar-refractivity contribution < 1.29 is 34.4 Å². The summed E-state index contributed by atoms with van der Waals surface area (Å²) in [6.07, 6.45) is 0.921. The Morgan fingerprint density at radius 1 is 1.19 bits per heavy atom. The Balaban J connectivity index is 0. The molecule has 3 N–H and O–H groups in total. The highest BCUT2D eigenvalue weighted by atomic mass is 16.5. The van der Waals surface area contributed by atoms with Crippen LogP contribution in [0.2, 0.25) is 0 Å². The fraction of sp³-hybridized carbons (Fsp3) is 0.444. The normalized spacial score (nSPS) is 10.0. The standard InChI is InChI=1S/C6H8O4.C3H6O3/c1-2-4(6(9)10)3-5(7)8;1-6-2-3(4)5/h3H,2H2,1H3,(H,7,8)(H,9,10);2H2,1H3,(H,4,5)/b4-3+;. The lowest BCUT2D eigenvalue weighted by molar-refractivity contribution is -0.141. The molecular weight excluding hydrogens is 220 g/mol. The number of carboxylic acid groups (broad SMARTS) is 3. The van der Waals surface area contributed by atoms with Gasteiger partial charge in [0, 0.05) is 18.8 Å². The number of ether oxygens (including phenoxy) is 1. The third kappa shape index (κ3) is 12.1. The van der Waals surface area contributed by atoms with E-state index in [-0.39, 0.29) is 18.6 Å². The van der Waals surface area contributed by atoms with Crippen LogP contribution in [-0.4, -0.2) is 46.9 Å². The number of methoxy groups -OCH3 is 1. The maximum Gasteiger partial charge on any atom is 0.331 e. The largest absolute Gasteiger partial charge is 0.480 e. The Hall–Kier alpha value is -1.89. The van der Waals surface area contributed by atoms with Crippen molar-refractivity contribution in [3.05, 3.63) is 11.6 Å². The van der Waals surface area contributed by atoms with E-state index in [1.807, 2.05) is 0 Å². The van der Waals surface area contributed by atoms with E-state index in [4.69, 9.17) is 15.3 Å². The lowest BCUT2D eigenvalue weighted by Crippen LogP contribution is -2.02. The Morgan fingerprint density at radius 2 is 1.69 bits per heavy atom. The first-order chi connectivity index (χ1) is 7.34. The maximum absolute atomic E-state index is 10.1. The van der Waals surface area contributed by atoms with Crippen LogP contribution < -0.4 is 0 Å². The minimum absolute atomic E-state index is 0.0903. The van der Waals surface area contributed by atoms with E-state index < -0.39 is 17.9 Å². The Morgan fingerprint density at radius 3 is 1.75 bits per heavy atom. The zero-order valence-electron chi connectivity index (χ0n) is 8.97. The smallest absolute Gasteiger partial charge is 0.331 e. The summed E-state index contributed by atoms with van der Waals surface area (Å²) >= 11 is 0. The molecule has 0 aromatic carbocycles. The van der Waals surface area contributed by atoms with Crippen LogP contribution in [0.3, 0.4) is 0 Å². The molecule has 0 bridgehead atoms. The SMILES string of the molecule is CC/C(=C\C(=O)O)C(=O)O.COCC(=O)O.